The number of nitrogens with zero attached hydrogens (tertiary/aromatic N) is 2. The average molecular weight is 741 g/mol. The van der Waals surface area contributed by atoms with Crippen molar-refractivity contribution >= 4 is 55.7 Å². The topological polar surface area (TPSA) is 94.1 Å². The third-order valence-corrected chi connectivity index (χ3v) is 8.13. The largest absolute Gasteiger partial charge is 0.434 e. The first-order valence-corrected chi connectivity index (χ1v) is 16.5. The summed E-state index contributed by atoms with van der Waals surface area (Å²) in [6, 6.07) is 0. The average Bonchev–Trinajstić information content (AvgIpc) is 2.93. The molecular weight excluding hydrogens is 714 g/mol. The third-order valence-electron chi connectivity index (χ3n) is 6.21. The molecule has 0 aliphatic heterocycles. The van der Waals surface area contributed by atoms with Crippen LogP contribution < -0.4 is 0 Å². The molecule has 47 heavy (non-hydrogen) atoms. The molecule has 0 bridgehead atoms. The Kier molecular flexibility index (Phi) is 13.5. The second kappa shape index (κ2) is 15.7. The summed E-state index contributed by atoms with van der Waals surface area (Å²) >= 11 is -0.114. The summed E-state index contributed by atoms with van der Waals surface area (Å²) in [4.78, 5) is 58.4. The van der Waals surface area contributed by atoms with Crippen LogP contribution in [0.25, 0.3) is 0 Å². The van der Waals surface area contributed by atoms with E-state index in [-0.39, 0.29) is 0 Å². The molecule has 0 aliphatic carbocycles. The van der Waals surface area contributed by atoms with E-state index in [0.29, 0.717) is 23.5 Å². The summed E-state index contributed by atoms with van der Waals surface area (Å²) < 4.78 is 141. The van der Waals surface area contributed by atoms with Gasteiger partial charge < -0.3 is 0 Å². The van der Waals surface area contributed by atoms with Gasteiger partial charge >= 0.3 is 12.4 Å². The number of carbonyl (C=O) groups excluding carboxylic acids is 4. The molecule has 0 amide bonds. The van der Waals surface area contributed by atoms with Gasteiger partial charge in [0, 0.05) is 0 Å². The predicted octanol–water partition coefficient (Wildman–Crippen LogP) is 9.51. The monoisotopic (exact) mass is 740 g/mol. The Morgan fingerprint density at radius 3 is 1.09 bits per heavy atom. The molecule has 0 N–H and O–H groups in total. The molecule has 0 spiro atoms. The summed E-state index contributed by atoms with van der Waals surface area (Å²) in [5.41, 5.74) is -14.4. The number of alkyl halides is 10. The lowest BCUT2D eigenvalue weighted by molar-refractivity contribution is -0.142. The fourth-order valence-corrected chi connectivity index (χ4v) is 6.22. The number of thioether (sulfide) groups is 3. The van der Waals surface area contributed by atoms with Gasteiger partial charge in [0.25, 0.3) is 12.9 Å². The van der Waals surface area contributed by atoms with Gasteiger partial charge in [-0.25, -0.2) is 27.5 Å². The van der Waals surface area contributed by atoms with Gasteiger partial charge in [0.2, 0.25) is 20.5 Å². The molecule has 260 valence electrons. The van der Waals surface area contributed by atoms with Crippen molar-refractivity contribution in [2.24, 2.45) is 11.8 Å². The zero-order valence-corrected chi connectivity index (χ0v) is 27.7. The van der Waals surface area contributed by atoms with Crippen molar-refractivity contribution in [2.75, 3.05) is 12.5 Å². The van der Waals surface area contributed by atoms with Gasteiger partial charge in [-0.05, 0) is 60.1 Å². The molecular formula is C28H26F10N2O4S3. The van der Waals surface area contributed by atoms with Crippen molar-refractivity contribution in [2.45, 2.75) is 65.7 Å². The fraction of sp³-hybridized carbons (Fsp3) is 0.500. The van der Waals surface area contributed by atoms with Gasteiger partial charge in [-0.3, -0.25) is 19.2 Å². The highest BCUT2D eigenvalue weighted by atomic mass is 32.2. The van der Waals surface area contributed by atoms with Crippen LogP contribution >= 0.6 is 35.3 Å². The minimum Gasteiger partial charge on any atom is -0.281 e. The highest BCUT2D eigenvalue weighted by Gasteiger charge is 2.45. The van der Waals surface area contributed by atoms with E-state index in [2.05, 4.69) is 9.97 Å². The van der Waals surface area contributed by atoms with Gasteiger partial charge in [-0.15, -0.1) is 0 Å². The number of pyridine rings is 2. The van der Waals surface area contributed by atoms with Gasteiger partial charge in [-0.1, -0.05) is 51.2 Å². The lowest BCUT2D eigenvalue weighted by atomic mass is 9.91. The molecule has 6 nitrogen and oxygen atoms in total. The van der Waals surface area contributed by atoms with Crippen LogP contribution in [0, 0.1) is 11.8 Å². The lowest BCUT2D eigenvalue weighted by Crippen LogP contribution is -2.25. The van der Waals surface area contributed by atoms with Gasteiger partial charge in [0.15, 0.2) is 11.4 Å². The van der Waals surface area contributed by atoms with Crippen molar-refractivity contribution in [1.82, 2.24) is 9.97 Å². The molecule has 0 fully saturated rings. The summed E-state index contributed by atoms with van der Waals surface area (Å²) in [6.07, 6.45) is -17.7. The Morgan fingerprint density at radius 1 is 0.574 bits per heavy atom. The Balaban J connectivity index is 3.09. The van der Waals surface area contributed by atoms with Crippen molar-refractivity contribution in [3.05, 3.63) is 56.2 Å². The summed E-state index contributed by atoms with van der Waals surface area (Å²) in [7, 11) is 0. The van der Waals surface area contributed by atoms with Crippen LogP contribution in [0.15, 0.2) is 0 Å². The molecule has 0 unspecified atom stereocenters. The number of carbonyl (C=O) groups is 4. The summed E-state index contributed by atoms with van der Waals surface area (Å²) in [5.74, 6) is -1.38. The molecule has 0 aliphatic rings. The molecule has 2 aromatic heterocycles. The van der Waals surface area contributed by atoms with Crippen LogP contribution in [0.5, 0.6) is 0 Å². The summed E-state index contributed by atoms with van der Waals surface area (Å²) in [6.45, 7) is 5.63. The van der Waals surface area contributed by atoms with Gasteiger partial charge in [0.05, 0.1) is 22.3 Å². The van der Waals surface area contributed by atoms with Crippen LogP contribution in [0.1, 0.15) is 116 Å². The van der Waals surface area contributed by atoms with Crippen LogP contribution in [0.3, 0.4) is 0 Å². The van der Waals surface area contributed by atoms with Crippen LogP contribution in [-0.4, -0.2) is 42.9 Å². The first-order valence-electron chi connectivity index (χ1n) is 13.3. The Morgan fingerprint density at radius 2 is 0.872 bits per heavy atom. The molecule has 0 radical (unpaired) electrons. The van der Waals surface area contributed by atoms with E-state index in [1.165, 1.54) is 27.7 Å². The van der Waals surface area contributed by atoms with Crippen molar-refractivity contribution < 1.29 is 63.1 Å². The molecule has 0 atom stereocenters. The van der Waals surface area contributed by atoms with E-state index in [1.54, 1.807) is 0 Å². The first-order chi connectivity index (χ1) is 21.5. The summed E-state index contributed by atoms with van der Waals surface area (Å²) in [5, 5.41) is -6.23. The maximum Gasteiger partial charge on any atom is 0.434 e. The van der Waals surface area contributed by atoms with Crippen LogP contribution in [0.4, 0.5) is 43.9 Å². The molecule has 2 rings (SSSR count). The second-order valence-electron chi connectivity index (χ2n) is 10.6. The maximum atomic E-state index is 14.3. The second-order valence-corrected chi connectivity index (χ2v) is 13.1. The standard InChI is InChI=1S/C28H26F10N2O4S3/c1-9(2)7-11-13(23(41)45-5)17(21(29)30)39-19(27(33,34)35)15(11)25(43)47-26(44)16-12(8-10(3)4)14(24(42)46-6)18(22(31)32)40-20(16)28(36,37)38/h9-10,21-22H,7-8H2,1-6H3. The minimum absolute atomic E-state index is 0.311. The normalized spacial score (nSPS) is 12.5. The number of hydrogen-bond donors (Lipinski definition) is 0. The molecule has 0 saturated carbocycles. The van der Waals surface area contributed by atoms with E-state index in [4.69, 9.17) is 0 Å². The molecule has 2 heterocycles. The fourth-order valence-electron chi connectivity index (χ4n) is 4.55. The van der Waals surface area contributed by atoms with E-state index >= 15 is 0 Å². The van der Waals surface area contributed by atoms with Crippen molar-refractivity contribution in [1.29, 1.82) is 0 Å². The van der Waals surface area contributed by atoms with E-state index in [1.807, 2.05) is 0 Å². The van der Waals surface area contributed by atoms with Gasteiger partial charge in [0.1, 0.15) is 11.4 Å². The predicted molar refractivity (Wildman–Crippen MR) is 157 cm³/mol. The zero-order valence-electron chi connectivity index (χ0n) is 25.3. The number of rotatable bonds is 10. The van der Waals surface area contributed by atoms with Gasteiger partial charge in [-0.2, -0.15) is 26.3 Å². The molecule has 0 aromatic carbocycles. The maximum absolute atomic E-state index is 14.3. The number of halogens is 10. The Hall–Kier alpha value is -2.67. The van der Waals surface area contributed by atoms with Crippen molar-refractivity contribution in [3.8, 4) is 0 Å². The SMILES string of the molecule is CSC(=O)c1c(C(F)F)nc(C(F)(F)F)c(C(=O)SC(=O)c2c(C(F)(F)F)nc(C(F)F)c(C(=O)SC)c2CC(C)C)c1CC(C)C. The number of aromatic nitrogens is 2. The zero-order chi connectivity index (χ0) is 36.3. The van der Waals surface area contributed by atoms with Crippen LogP contribution in [0.2, 0.25) is 0 Å². The minimum atomic E-state index is -5.64. The third kappa shape index (κ3) is 9.28. The Labute approximate surface area is 274 Å². The molecule has 2 aromatic rings. The Bertz CT molecular complexity index is 1450. The first kappa shape index (κ1) is 40.5. The van der Waals surface area contributed by atoms with E-state index in [0.717, 1.165) is 12.5 Å². The smallest absolute Gasteiger partial charge is 0.281 e. The van der Waals surface area contributed by atoms with Crippen molar-refractivity contribution in [3.63, 3.8) is 0 Å². The van der Waals surface area contributed by atoms with E-state index in [9.17, 15) is 63.1 Å². The number of hydrogen-bond acceptors (Lipinski definition) is 9. The van der Waals surface area contributed by atoms with Crippen LogP contribution in [-0.2, 0) is 25.2 Å². The highest BCUT2D eigenvalue weighted by Crippen LogP contribution is 2.43. The molecule has 19 heteroatoms. The van der Waals surface area contributed by atoms with E-state index < -0.39 is 138 Å². The lowest BCUT2D eigenvalue weighted by Gasteiger charge is -2.23. The quantitative estimate of drug-likeness (QED) is 0.221. The highest BCUT2D eigenvalue weighted by molar-refractivity contribution is 8.27. The molecule has 0 saturated heterocycles.